The van der Waals surface area contributed by atoms with Gasteiger partial charge in [-0.2, -0.15) is 0 Å². The molecule has 0 aromatic carbocycles. The van der Waals surface area contributed by atoms with E-state index in [9.17, 15) is 0 Å². The molecule has 14 heteroatoms. The van der Waals surface area contributed by atoms with E-state index in [1.165, 1.54) is 0 Å². The summed E-state index contributed by atoms with van der Waals surface area (Å²) in [6, 6.07) is 0. The van der Waals surface area contributed by atoms with E-state index in [1.54, 1.807) is 0 Å². The molecular formula is GaLaO9Si3. The molecule has 0 heterocycles. The van der Waals surface area contributed by atoms with Gasteiger partial charge in [-0.25, -0.2) is 0 Å². The van der Waals surface area contributed by atoms with Crippen molar-refractivity contribution in [1.82, 2.24) is 0 Å². The van der Waals surface area contributed by atoms with Crippen LogP contribution in [0.2, 0.25) is 0 Å². The minimum atomic E-state index is -3.63. The minimum Gasteiger partial charge on any atom is -0.672 e. The van der Waals surface area contributed by atoms with E-state index in [-0.39, 0.29) is 55.4 Å². The van der Waals surface area contributed by atoms with Crippen molar-refractivity contribution in [2.45, 2.75) is 0 Å². The minimum absolute atomic E-state index is 0. The largest absolute Gasteiger partial charge is 3.00 e. The Hall–Kier alpha value is 0.682. The first-order valence-corrected chi connectivity index (χ1v) is 5.51. The van der Waals surface area contributed by atoms with E-state index in [4.69, 9.17) is 42.2 Å². The first-order valence-electron chi connectivity index (χ1n) is 1.84. The van der Waals surface area contributed by atoms with Gasteiger partial charge in [0.15, 0.2) is 0 Å². The second-order valence-electron chi connectivity index (χ2n) is 0.750. The van der Waals surface area contributed by atoms with Gasteiger partial charge in [0.25, 0.3) is 0 Å². The van der Waals surface area contributed by atoms with Gasteiger partial charge in [0.2, 0.25) is 0 Å². The van der Waals surface area contributed by atoms with Crippen molar-refractivity contribution in [1.29, 1.82) is 0 Å². The van der Waals surface area contributed by atoms with E-state index in [2.05, 4.69) is 0 Å². The molecule has 9 nitrogen and oxygen atoms in total. The zero-order valence-electron chi connectivity index (χ0n) is 6.33. The molecule has 0 radical (unpaired) electrons. The molecule has 0 aliphatic heterocycles. The maximum absolute atomic E-state index is 8.52. The van der Waals surface area contributed by atoms with Gasteiger partial charge in [-0.3, -0.25) is 0 Å². The average molecular weight is 437 g/mol. The second kappa shape index (κ2) is 23.5. The van der Waals surface area contributed by atoms with E-state index in [0.717, 1.165) is 0 Å². The topological polar surface area (TPSA) is 190 Å². The maximum atomic E-state index is 8.52. The van der Waals surface area contributed by atoms with Crippen molar-refractivity contribution >= 4 is 47.3 Å². The van der Waals surface area contributed by atoms with Gasteiger partial charge >= 0.3 is 55.4 Å². The Morgan fingerprint density at radius 2 is 0.571 bits per heavy atom. The molecule has 0 spiro atoms. The van der Waals surface area contributed by atoms with E-state index in [1.807, 2.05) is 0 Å². The Morgan fingerprint density at radius 1 is 0.571 bits per heavy atom. The predicted molar refractivity (Wildman–Crippen MR) is 25.1 cm³/mol. The summed E-state index contributed by atoms with van der Waals surface area (Å²) < 4.78 is 25.6. The predicted octanol–water partition coefficient (Wildman–Crippen LogP) is -9.01. The van der Waals surface area contributed by atoms with Crippen LogP contribution in [0.4, 0.5) is 0 Å². The molecule has 72 valence electrons. The third-order valence-electron chi connectivity index (χ3n) is 0. The molecule has 0 saturated heterocycles. The molecule has 0 unspecified atom stereocenters. The fourth-order valence-corrected chi connectivity index (χ4v) is 0. The smallest absolute Gasteiger partial charge is 0.672 e. The summed E-state index contributed by atoms with van der Waals surface area (Å²) in [5.74, 6) is 0. The van der Waals surface area contributed by atoms with Gasteiger partial charge in [-0.05, 0) is 0 Å². The summed E-state index contributed by atoms with van der Waals surface area (Å²) >= 11 is 0. The molecule has 0 aliphatic rings. The van der Waals surface area contributed by atoms with Gasteiger partial charge in [0.05, 0.1) is 0 Å². The van der Waals surface area contributed by atoms with Crippen LogP contribution in [0, 0.1) is 35.6 Å². The van der Waals surface area contributed by atoms with Crippen LogP contribution < -0.4 is 28.8 Å². The number of rotatable bonds is 0. The van der Waals surface area contributed by atoms with Crippen molar-refractivity contribution in [3.63, 3.8) is 0 Å². The third kappa shape index (κ3) is 3720. The molecule has 0 N–H and O–H groups in total. The summed E-state index contributed by atoms with van der Waals surface area (Å²) in [5, 5.41) is 0. The van der Waals surface area contributed by atoms with Crippen LogP contribution in [0.1, 0.15) is 0 Å². The van der Waals surface area contributed by atoms with E-state index < -0.39 is 27.5 Å². The molecule has 0 saturated carbocycles. The van der Waals surface area contributed by atoms with Crippen LogP contribution in [-0.4, -0.2) is 47.3 Å². The molecule has 0 atom stereocenters. The zero-order valence-corrected chi connectivity index (χ0v) is 15.4. The van der Waals surface area contributed by atoms with Crippen molar-refractivity contribution in [3.05, 3.63) is 0 Å². The van der Waals surface area contributed by atoms with Gasteiger partial charge < -0.3 is 42.2 Å². The summed E-state index contributed by atoms with van der Waals surface area (Å²) in [7, 11) is -10.9. The Labute approximate surface area is 124 Å². The van der Waals surface area contributed by atoms with Crippen molar-refractivity contribution < 1.29 is 77.8 Å². The molecule has 0 amide bonds. The van der Waals surface area contributed by atoms with Crippen LogP contribution in [0.25, 0.3) is 0 Å². The van der Waals surface area contributed by atoms with Crippen molar-refractivity contribution in [3.8, 4) is 0 Å². The zero-order chi connectivity index (χ0) is 10.7. The van der Waals surface area contributed by atoms with Crippen LogP contribution in [0.5, 0.6) is 0 Å². The normalized spacial score (nSPS) is 5.14. The fraction of sp³-hybridized carbons (Fsp3) is 0. The van der Waals surface area contributed by atoms with Gasteiger partial charge in [-0.1, -0.05) is 0 Å². The number of hydrogen-bond acceptors (Lipinski definition) is 9. The standard InChI is InChI=1S/Ga.La.3O3Si/c;;3*1-4(2)3/q2*+3;3*-2. The third-order valence-corrected chi connectivity index (χ3v) is 0. The van der Waals surface area contributed by atoms with Crippen LogP contribution >= 0.6 is 0 Å². The van der Waals surface area contributed by atoms with Crippen LogP contribution in [0.3, 0.4) is 0 Å². The van der Waals surface area contributed by atoms with Crippen molar-refractivity contribution in [2.24, 2.45) is 0 Å². The van der Waals surface area contributed by atoms with Gasteiger partial charge in [0.1, 0.15) is 0 Å². The molecule has 14 heavy (non-hydrogen) atoms. The van der Waals surface area contributed by atoms with Crippen molar-refractivity contribution in [2.75, 3.05) is 0 Å². The molecule has 0 fully saturated rings. The van der Waals surface area contributed by atoms with Gasteiger partial charge in [-0.15, -0.1) is 0 Å². The average Bonchev–Trinajstić information content (AvgIpc) is 1.54. The van der Waals surface area contributed by atoms with Crippen LogP contribution in [-0.2, 0) is 13.4 Å². The molecule has 0 bridgehead atoms. The first kappa shape index (κ1) is 29.3. The molecule has 0 aliphatic carbocycles. The fourth-order valence-electron chi connectivity index (χ4n) is 0. The Balaban J connectivity index is -0.0000000270. The van der Waals surface area contributed by atoms with Crippen LogP contribution in [0.15, 0.2) is 0 Å². The van der Waals surface area contributed by atoms with E-state index in [0.29, 0.717) is 0 Å². The van der Waals surface area contributed by atoms with Gasteiger partial charge in [0, 0.05) is 27.5 Å². The summed E-state index contributed by atoms with van der Waals surface area (Å²) in [6.07, 6.45) is 0. The summed E-state index contributed by atoms with van der Waals surface area (Å²) in [6.45, 7) is 0. The summed E-state index contributed by atoms with van der Waals surface area (Å²) in [5.41, 5.74) is 0. The molecule has 0 aromatic heterocycles. The monoisotopic (exact) mass is 436 g/mol. The Bertz CT molecular complexity index is 118. The number of hydrogen-bond donors (Lipinski definition) is 0. The molecular weight excluding hydrogens is 437 g/mol. The first-order chi connectivity index (χ1) is 5.20. The molecule has 0 aromatic rings. The van der Waals surface area contributed by atoms with E-state index >= 15 is 0 Å². The Kier molecular flexibility index (Phi) is 49.2. The maximum Gasteiger partial charge on any atom is 3.00 e. The summed E-state index contributed by atoms with van der Waals surface area (Å²) in [4.78, 5) is 51.1. The Morgan fingerprint density at radius 3 is 0.571 bits per heavy atom. The second-order valence-corrected chi connectivity index (χ2v) is 2.25. The quantitative estimate of drug-likeness (QED) is 0.332. The molecule has 0 rings (SSSR count). The SMILES string of the molecule is O=[Si]([O-])[O-].O=[Si]([O-])[O-].O=[Si]([O-])[O-].[Ga+3].[La+3].